The average molecular weight is 787 g/mol. The minimum atomic E-state index is -0.202. The van der Waals surface area contributed by atoms with Crippen LogP contribution in [-0.2, 0) is 10.8 Å². The molecule has 4 aliphatic carbocycles. The van der Waals surface area contributed by atoms with Crippen molar-refractivity contribution in [2.75, 3.05) is 4.90 Å². The highest BCUT2D eigenvalue weighted by molar-refractivity contribution is 6.09. The molecule has 61 heavy (non-hydrogen) atoms. The summed E-state index contributed by atoms with van der Waals surface area (Å²) in [6.07, 6.45) is 8.18. The predicted molar refractivity (Wildman–Crippen MR) is 257 cm³/mol. The van der Waals surface area contributed by atoms with Gasteiger partial charge in [-0.1, -0.05) is 141 Å². The maximum atomic E-state index is 2.49. The zero-order valence-electron chi connectivity index (χ0n) is 35.1. The average Bonchev–Trinajstić information content (AvgIpc) is 3.78. The zero-order valence-corrected chi connectivity index (χ0v) is 35.1. The fraction of sp³-hybridized carbons (Fsp3) is 0.186. The van der Waals surface area contributed by atoms with Crippen molar-refractivity contribution in [2.45, 2.75) is 63.2 Å². The van der Waals surface area contributed by atoms with Crippen LogP contribution in [0, 0.1) is 5.92 Å². The SMILES string of the molecule is CC1(C)c2cc(N(c3ccc(C45CCC(CC4)CC5)cc3)c3cccc(-c4ccc(-c5ccccc5)cc4)c3)ccc2-c2ccc(-n3c4ccccc4c4ccccc43)cc21. The van der Waals surface area contributed by atoms with Crippen LogP contribution >= 0.6 is 0 Å². The van der Waals surface area contributed by atoms with Crippen molar-refractivity contribution in [1.82, 2.24) is 4.57 Å². The summed E-state index contributed by atoms with van der Waals surface area (Å²) in [7, 11) is 0. The van der Waals surface area contributed by atoms with E-state index >= 15 is 0 Å². The molecule has 0 atom stereocenters. The van der Waals surface area contributed by atoms with Crippen molar-refractivity contribution in [1.29, 1.82) is 0 Å². The normalized spacial score (nSPS) is 18.6. The van der Waals surface area contributed by atoms with Crippen LogP contribution in [0.2, 0.25) is 0 Å². The molecule has 2 nitrogen and oxygen atoms in total. The van der Waals surface area contributed by atoms with Crippen LogP contribution in [0.25, 0.3) is 60.9 Å². The molecule has 4 aliphatic rings. The molecule has 0 amide bonds. The van der Waals surface area contributed by atoms with Crippen LogP contribution < -0.4 is 4.90 Å². The molecule has 0 unspecified atom stereocenters. The van der Waals surface area contributed by atoms with Gasteiger partial charge in [0.1, 0.15) is 0 Å². The molecule has 2 bridgehead atoms. The third kappa shape index (κ3) is 5.83. The number of nitrogens with zero attached hydrogens (tertiary/aromatic N) is 2. The van der Waals surface area contributed by atoms with E-state index < -0.39 is 0 Å². The molecular weight excluding hydrogens is 737 g/mol. The number of benzene rings is 8. The van der Waals surface area contributed by atoms with Crippen LogP contribution in [0.1, 0.15) is 69.1 Å². The molecule has 0 saturated heterocycles. The summed E-state index contributed by atoms with van der Waals surface area (Å²) in [4.78, 5) is 2.49. The van der Waals surface area contributed by atoms with Crippen LogP contribution in [-0.4, -0.2) is 4.57 Å². The van der Waals surface area contributed by atoms with Crippen molar-refractivity contribution in [3.05, 3.63) is 205 Å². The molecule has 296 valence electrons. The van der Waals surface area contributed by atoms with Gasteiger partial charge in [-0.3, -0.25) is 0 Å². The van der Waals surface area contributed by atoms with Crippen molar-refractivity contribution >= 4 is 38.9 Å². The van der Waals surface area contributed by atoms with E-state index in [-0.39, 0.29) is 5.41 Å². The van der Waals surface area contributed by atoms with Crippen LogP contribution in [0.5, 0.6) is 0 Å². The Morgan fingerprint density at radius 1 is 0.443 bits per heavy atom. The summed E-state index contributed by atoms with van der Waals surface area (Å²) in [6.45, 7) is 4.82. The highest BCUT2D eigenvalue weighted by Crippen LogP contribution is 2.54. The molecule has 8 aromatic carbocycles. The Labute approximate surface area is 359 Å². The number of hydrogen-bond acceptors (Lipinski definition) is 1. The number of rotatable bonds is 7. The molecular formula is C59H50N2. The van der Waals surface area contributed by atoms with E-state index in [1.165, 1.54) is 127 Å². The van der Waals surface area contributed by atoms with E-state index in [9.17, 15) is 0 Å². The summed E-state index contributed by atoms with van der Waals surface area (Å²) in [5, 5.41) is 2.58. The van der Waals surface area contributed by atoms with Gasteiger partial charge in [0.2, 0.25) is 0 Å². The smallest absolute Gasteiger partial charge is 0.0541 e. The molecule has 0 N–H and O–H groups in total. The first kappa shape index (κ1) is 36.2. The predicted octanol–water partition coefficient (Wildman–Crippen LogP) is 16.1. The van der Waals surface area contributed by atoms with E-state index in [0.29, 0.717) is 5.41 Å². The van der Waals surface area contributed by atoms with Gasteiger partial charge in [0.25, 0.3) is 0 Å². The minimum Gasteiger partial charge on any atom is -0.310 e. The third-order valence-electron chi connectivity index (χ3n) is 15.0. The van der Waals surface area contributed by atoms with Crippen molar-refractivity contribution in [3.8, 4) is 39.1 Å². The lowest BCUT2D eigenvalue weighted by Crippen LogP contribution is -2.37. The largest absolute Gasteiger partial charge is 0.310 e. The van der Waals surface area contributed by atoms with E-state index in [1.54, 1.807) is 0 Å². The second-order valence-electron chi connectivity index (χ2n) is 18.6. The number of fused-ring (bicyclic) bond motifs is 9. The number of aromatic nitrogens is 1. The zero-order chi connectivity index (χ0) is 40.7. The topological polar surface area (TPSA) is 8.17 Å². The number of hydrogen-bond donors (Lipinski definition) is 0. The van der Waals surface area contributed by atoms with Crippen molar-refractivity contribution in [3.63, 3.8) is 0 Å². The van der Waals surface area contributed by atoms with Gasteiger partial charge in [0, 0.05) is 38.9 Å². The molecule has 1 heterocycles. The maximum Gasteiger partial charge on any atom is 0.0541 e. The molecule has 0 spiro atoms. The monoisotopic (exact) mass is 786 g/mol. The van der Waals surface area contributed by atoms with Crippen LogP contribution in [0.3, 0.4) is 0 Å². The number of anilines is 3. The van der Waals surface area contributed by atoms with Crippen LogP contribution in [0.4, 0.5) is 17.1 Å². The molecule has 2 heteroatoms. The standard InChI is InChI=1S/C59H50N2/c1-58(2)54-38-48(27-29-50(54)51-30-28-49(39-55(51)58)61-56-17-8-6-15-52(56)53-16-7-9-18-57(53)61)60(46-25-23-45(24-26-46)59-34-31-40(32-35-59)33-36-59)47-14-10-13-44(37-47)43-21-19-42(20-22-43)41-11-4-3-5-12-41/h3-30,37-40H,31-36H2,1-2H3. The van der Waals surface area contributed by atoms with E-state index in [0.717, 1.165) is 11.6 Å². The second-order valence-corrected chi connectivity index (χ2v) is 18.6. The van der Waals surface area contributed by atoms with Gasteiger partial charge in [-0.25, -0.2) is 0 Å². The highest BCUT2D eigenvalue weighted by Gasteiger charge is 2.41. The van der Waals surface area contributed by atoms with Gasteiger partial charge < -0.3 is 9.47 Å². The fourth-order valence-corrected chi connectivity index (χ4v) is 11.6. The minimum absolute atomic E-state index is 0.202. The molecule has 0 aliphatic heterocycles. The van der Waals surface area contributed by atoms with Gasteiger partial charge >= 0.3 is 0 Å². The second kappa shape index (κ2) is 14.0. The summed E-state index contributed by atoms with van der Waals surface area (Å²) >= 11 is 0. The molecule has 13 rings (SSSR count). The van der Waals surface area contributed by atoms with Crippen molar-refractivity contribution in [2.24, 2.45) is 5.92 Å². The van der Waals surface area contributed by atoms with Crippen LogP contribution in [0.15, 0.2) is 188 Å². The Hall–Kier alpha value is -6.64. The lowest BCUT2D eigenvalue weighted by Gasteiger charge is -2.47. The molecule has 0 radical (unpaired) electrons. The third-order valence-corrected chi connectivity index (χ3v) is 15.0. The van der Waals surface area contributed by atoms with Gasteiger partial charge in [-0.2, -0.15) is 0 Å². The first-order valence-corrected chi connectivity index (χ1v) is 22.4. The Bertz CT molecular complexity index is 3040. The van der Waals surface area contributed by atoms with Crippen molar-refractivity contribution < 1.29 is 0 Å². The quantitative estimate of drug-likeness (QED) is 0.156. The first-order valence-electron chi connectivity index (χ1n) is 22.4. The van der Waals surface area contributed by atoms with Gasteiger partial charge in [-0.15, -0.1) is 0 Å². The fourth-order valence-electron chi connectivity index (χ4n) is 11.6. The lowest BCUT2D eigenvalue weighted by atomic mass is 9.58. The van der Waals surface area contributed by atoms with E-state index in [4.69, 9.17) is 0 Å². The Kier molecular flexibility index (Phi) is 8.29. The first-order chi connectivity index (χ1) is 29.9. The molecule has 9 aromatic rings. The molecule has 1 aromatic heterocycles. The summed E-state index contributed by atoms with van der Waals surface area (Å²) in [5.74, 6) is 0.953. The van der Waals surface area contributed by atoms with Gasteiger partial charge in [-0.05, 0) is 161 Å². The van der Waals surface area contributed by atoms with Gasteiger partial charge in [0.05, 0.1) is 11.0 Å². The molecule has 3 saturated carbocycles. The van der Waals surface area contributed by atoms with E-state index in [2.05, 4.69) is 211 Å². The number of para-hydroxylation sites is 2. The maximum absolute atomic E-state index is 2.49. The summed E-state index contributed by atoms with van der Waals surface area (Å²) < 4.78 is 2.45. The van der Waals surface area contributed by atoms with E-state index in [1.807, 2.05) is 0 Å². The lowest BCUT2D eigenvalue weighted by molar-refractivity contribution is 0.136. The van der Waals surface area contributed by atoms with Gasteiger partial charge in [0.15, 0.2) is 0 Å². The Morgan fingerprint density at radius 3 is 1.64 bits per heavy atom. The summed E-state index contributed by atoms with van der Waals surface area (Å²) in [6, 6.07) is 70.5. The summed E-state index contributed by atoms with van der Waals surface area (Å²) in [5.41, 5.74) is 19.2. The Balaban J connectivity index is 0.952. The Morgan fingerprint density at radius 2 is 0.967 bits per heavy atom. The highest BCUT2D eigenvalue weighted by atomic mass is 15.1. The molecule has 3 fully saturated rings.